The van der Waals surface area contributed by atoms with Crippen LogP contribution in [0.5, 0.6) is 0 Å². The number of nitrogens with one attached hydrogen (secondary N) is 2. The molecule has 1 saturated heterocycles. The van der Waals surface area contributed by atoms with Crippen molar-refractivity contribution in [3.05, 3.63) is 28.7 Å². The summed E-state index contributed by atoms with van der Waals surface area (Å²) in [6.07, 6.45) is 1.65. The van der Waals surface area contributed by atoms with E-state index in [0.717, 1.165) is 37.3 Å². The third-order valence-corrected chi connectivity index (χ3v) is 4.87. The molecule has 0 spiro atoms. The summed E-state index contributed by atoms with van der Waals surface area (Å²) in [5.74, 6) is -0.106. The first-order valence-corrected chi connectivity index (χ1v) is 8.96. The van der Waals surface area contributed by atoms with Crippen LogP contribution in [0, 0.1) is 20.8 Å². The molecule has 8 heteroatoms. The van der Waals surface area contributed by atoms with E-state index in [1.54, 1.807) is 11.6 Å². The molecule has 2 aromatic rings. The summed E-state index contributed by atoms with van der Waals surface area (Å²) >= 11 is 0. The Balaban J connectivity index is 1.69. The predicted molar refractivity (Wildman–Crippen MR) is 98.2 cm³/mol. The highest BCUT2D eigenvalue weighted by atomic mass is 16.2. The van der Waals surface area contributed by atoms with E-state index in [2.05, 4.69) is 25.6 Å². The molecule has 1 fully saturated rings. The molecule has 26 heavy (non-hydrogen) atoms. The number of amides is 2. The van der Waals surface area contributed by atoms with E-state index in [9.17, 15) is 9.59 Å². The number of hydrogen-bond donors (Lipinski definition) is 2. The van der Waals surface area contributed by atoms with E-state index < -0.39 is 0 Å². The Morgan fingerprint density at radius 1 is 1.23 bits per heavy atom. The third kappa shape index (κ3) is 3.70. The molecule has 2 N–H and O–H groups in total. The molecule has 0 bridgehead atoms. The number of aromatic nitrogens is 3. The molecule has 140 valence electrons. The van der Waals surface area contributed by atoms with Gasteiger partial charge in [-0.2, -0.15) is 5.10 Å². The normalized spacial score (nSPS) is 16.0. The Labute approximate surface area is 153 Å². The summed E-state index contributed by atoms with van der Waals surface area (Å²) in [4.78, 5) is 30.9. The van der Waals surface area contributed by atoms with Crippen molar-refractivity contribution in [3.63, 3.8) is 0 Å². The zero-order valence-corrected chi connectivity index (χ0v) is 15.8. The molecule has 0 unspecified atom stereocenters. The highest BCUT2D eigenvalue weighted by Gasteiger charge is 2.25. The van der Waals surface area contributed by atoms with Crippen molar-refractivity contribution in [1.29, 1.82) is 0 Å². The predicted octanol–water partition coefficient (Wildman–Crippen LogP) is 0.595. The summed E-state index contributed by atoms with van der Waals surface area (Å²) in [5.41, 5.74) is 3.66. The Morgan fingerprint density at radius 2 is 1.92 bits per heavy atom. The summed E-state index contributed by atoms with van der Waals surface area (Å²) in [7, 11) is 1.64. The zero-order chi connectivity index (χ0) is 18.8. The summed E-state index contributed by atoms with van der Waals surface area (Å²) in [6, 6.07) is 2.05. The number of hydrogen-bond acceptors (Lipinski definition) is 5. The van der Waals surface area contributed by atoms with Crippen molar-refractivity contribution in [1.82, 2.24) is 30.1 Å². The number of carbonyl (C=O) groups is 2. The second-order valence-electron chi connectivity index (χ2n) is 6.93. The largest absolute Gasteiger partial charge is 0.358 e. The molecule has 0 radical (unpaired) electrons. The Kier molecular flexibility index (Phi) is 5.22. The number of likely N-dealkylation sites (N-methyl/N-ethyl adjacent to an activating group) is 1. The molecule has 3 heterocycles. The Bertz CT molecular complexity index is 836. The number of piperidine rings is 1. The fraction of sp³-hybridized carbons (Fsp3) is 0.556. The zero-order valence-electron chi connectivity index (χ0n) is 15.8. The second kappa shape index (κ2) is 7.41. The third-order valence-electron chi connectivity index (χ3n) is 4.87. The summed E-state index contributed by atoms with van der Waals surface area (Å²) in [5, 5.41) is 10.2. The number of aryl methyl sites for hydroxylation is 3. The van der Waals surface area contributed by atoms with Gasteiger partial charge < -0.3 is 10.6 Å². The van der Waals surface area contributed by atoms with Gasteiger partial charge in [-0.05, 0) is 39.7 Å². The molecule has 0 aromatic carbocycles. The molecule has 2 aromatic heterocycles. The van der Waals surface area contributed by atoms with Gasteiger partial charge in [0.25, 0.3) is 5.91 Å². The van der Waals surface area contributed by atoms with Crippen LogP contribution in [0.25, 0.3) is 5.65 Å². The number of likely N-dealkylation sites (tertiary alicyclic amines) is 1. The minimum absolute atomic E-state index is 0.0197. The molecule has 0 atom stereocenters. The molecule has 1 aliphatic heterocycles. The van der Waals surface area contributed by atoms with Gasteiger partial charge in [0.1, 0.15) is 5.56 Å². The van der Waals surface area contributed by atoms with Crippen LogP contribution < -0.4 is 10.6 Å². The van der Waals surface area contributed by atoms with Crippen LogP contribution >= 0.6 is 0 Å². The molecular formula is C18H26N6O2. The van der Waals surface area contributed by atoms with Crippen LogP contribution in [0.3, 0.4) is 0 Å². The van der Waals surface area contributed by atoms with Gasteiger partial charge in [-0.3, -0.25) is 14.5 Å². The summed E-state index contributed by atoms with van der Waals surface area (Å²) in [6.45, 7) is 7.71. The van der Waals surface area contributed by atoms with Crippen molar-refractivity contribution in [2.24, 2.45) is 0 Å². The monoisotopic (exact) mass is 358 g/mol. The lowest BCUT2D eigenvalue weighted by Gasteiger charge is -2.31. The first-order valence-electron chi connectivity index (χ1n) is 8.96. The van der Waals surface area contributed by atoms with E-state index in [-0.39, 0.29) is 17.9 Å². The lowest BCUT2D eigenvalue weighted by molar-refractivity contribution is -0.122. The van der Waals surface area contributed by atoms with Crippen molar-refractivity contribution in [3.8, 4) is 0 Å². The van der Waals surface area contributed by atoms with Gasteiger partial charge in [-0.15, -0.1) is 0 Å². The lowest BCUT2D eigenvalue weighted by atomic mass is 10.0. The van der Waals surface area contributed by atoms with Gasteiger partial charge in [0.05, 0.1) is 12.2 Å². The maximum atomic E-state index is 12.9. The maximum absolute atomic E-state index is 12.9. The van der Waals surface area contributed by atoms with Crippen molar-refractivity contribution < 1.29 is 9.59 Å². The molecule has 2 amide bonds. The Hall–Kier alpha value is -2.48. The van der Waals surface area contributed by atoms with E-state index >= 15 is 0 Å². The number of nitrogens with zero attached hydrogens (tertiary/aromatic N) is 4. The SMILES string of the molecule is CNC(=O)CN1CCC(NC(=O)c2c(C)nn3c(C)cc(C)nc23)CC1. The highest BCUT2D eigenvalue weighted by Crippen LogP contribution is 2.17. The minimum Gasteiger partial charge on any atom is -0.358 e. The average Bonchev–Trinajstić information content (AvgIpc) is 2.93. The first-order chi connectivity index (χ1) is 12.4. The van der Waals surface area contributed by atoms with Crippen LogP contribution in [-0.2, 0) is 4.79 Å². The smallest absolute Gasteiger partial charge is 0.257 e. The van der Waals surface area contributed by atoms with E-state index in [0.29, 0.717) is 23.4 Å². The summed E-state index contributed by atoms with van der Waals surface area (Å²) < 4.78 is 1.73. The van der Waals surface area contributed by atoms with Crippen LogP contribution in [0.2, 0.25) is 0 Å². The Morgan fingerprint density at radius 3 is 2.58 bits per heavy atom. The lowest BCUT2D eigenvalue weighted by Crippen LogP contribution is -2.47. The molecule has 8 nitrogen and oxygen atoms in total. The molecule has 1 aliphatic rings. The second-order valence-corrected chi connectivity index (χ2v) is 6.93. The van der Waals surface area contributed by atoms with Crippen LogP contribution in [0.15, 0.2) is 6.07 Å². The van der Waals surface area contributed by atoms with E-state index in [1.165, 1.54) is 0 Å². The fourth-order valence-electron chi connectivity index (χ4n) is 3.47. The standard InChI is InChI=1S/C18H26N6O2/c1-11-9-12(2)24-17(20-11)16(13(3)22-24)18(26)21-14-5-7-23(8-6-14)10-15(25)19-4/h9,14H,5-8,10H2,1-4H3,(H,19,25)(H,21,26). The average molecular weight is 358 g/mol. The number of rotatable bonds is 4. The van der Waals surface area contributed by atoms with Gasteiger partial charge in [-0.1, -0.05) is 0 Å². The van der Waals surface area contributed by atoms with Crippen molar-refractivity contribution in [2.45, 2.75) is 39.7 Å². The highest BCUT2D eigenvalue weighted by molar-refractivity contribution is 6.01. The first kappa shape index (κ1) is 18.3. The van der Waals surface area contributed by atoms with Gasteiger partial charge in [-0.25, -0.2) is 9.50 Å². The van der Waals surface area contributed by atoms with Gasteiger partial charge in [0.2, 0.25) is 5.91 Å². The topological polar surface area (TPSA) is 91.6 Å². The fourth-order valence-corrected chi connectivity index (χ4v) is 3.47. The van der Waals surface area contributed by atoms with Gasteiger partial charge >= 0.3 is 0 Å². The molecule has 0 saturated carbocycles. The van der Waals surface area contributed by atoms with Crippen LogP contribution in [0.1, 0.15) is 40.3 Å². The maximum Gasteiger partial charge on any atom is 0.257 e. The van der Waals surface area contributed by atoms with E-state index in [4.69, 9.17) is 0 Å². The molecule has 0 aliphatic carbocycles. The van der Waals surface area contributed by atoms with Gasteiger partial charge in [0, 0.05) is 37.6 Å². The van der Waals surface area contributed by atoms with Crippen molar-refractivity contribution >= 4 is 17.5 Å². The van der Waals surface area contributed by atoms with Gasteiger partial charge in [0.15, 0.2) is 5.65 Å². The molecule has 3 rings (SSSR count). The number of carbonyl (C=O) groups excluding carboxylic acids is 2. The quantitative estimate of drug-likeness (QED) is 0.835. The number of fused-ring (bicyclic) bond motifs is 1. The minimum atomic E-state index is -0.125. The van der Waals surface area contributed by atoms with Crippen molar-refractivity contribution in [2.75, 3.05) is 26.7 Å². The molecular weight excluding hydrogens is 332 g/mol. The van der Waals surface area contributed by atoms with E-state index in [1.807, 2.05) is 26.8 Å². The van der Waals surface area contributed by atoms with Crippen LogP contribution in [-0.4, -0.2) is 64.0 Å². The van der Waals surface area contributed by atoms with Crippen LogP contribution in [0.4, 0.5) is 0 Å².